The van der Waals surface area contributed by atoms with Crippen LogP contribution in [-0.2, 0) is 0 Å². The molecule has 14 heavy (non-hydrogen) atoms. The molecule has 1 aromatic rings. The van der Waals surface area contributed by atoms with Gasteiger partial charge >= 0.3 is 0 Å². The standard InChI is InChI=1S/C11H16N2S/c1-9-6-11(8-12-7-9)14-5-4-13-10-2-3-10/h6-8,10,13H,2-5H2,1H3. The van der Waals surface area contributed by atoms with Gasteiger partial charge in [0, 0.05) is 35.6 Å². The SMILES string of the molecule is Cc1cncc(SCCNC2CC2)c1. The summed E-state index contributed by atoms with van der Waals surface area (Å²) in [5.74, 6) is 1.14. The first-order valence-electron chi connectivity index (χ1n) is 5.12. The van der Waals surface area contributed by atoms with Gasteiger partial charge < -0.3 is 5.32 Å². The van der Waals surface area contributed by atoms with Crippen molar-refractivity contribution in [2.24, 2.45) is 0 Å². The van der Waals surface area contributed by atoms with Crippen LogP contribution in [-0.4, -0.2) is 23.3 Å². The summed E-state index contributed by atoms with van der Waals surface area (Å²) in [7, 11) is 0. The Morgan fingerprint density at radius 2 is 2.36 bits per heavy atom. The molecule has 0 atom stereocenters. The molecular weight excluding hydrogens is 192 g/mol. The van der Waals surface area contributed by atoms with Gasteiger partial charge in [0.05, 0.1) is 0 Å². The fourth-order valence-electron chi connectivity index (χ4n) is 1.33. The molecule has 0 saturated heterocycles. The molecule has 0 spiro atoms. The van der Waals surface area contributed by atoms with Gasteiger partial charge in [-0.25, -0.2) is 0 Å². The first-order chi connectivity index (χ1) is 6.84. The molecule has 0 bridgehead atoms. The van der Waals surface area contributed by atoms with Crippen LogP contribution in [0.3, 0.4) is 0 Å². The smallest absolute Gasteiger partial charge is 0.0404 e. The Bertz CT molecular complexity index is 297. The second-order valence-corrected chi connectivity index (χ2v) is 4.94. The van der Waals surface area contributed by atoms with Gasteiger partial charge in [-0.1, -0.05) is 0 Å². The summed E-state index contributed by atoms with van der Waals surface area (Å²) in [5.41, 5.74) is 1.24. The molecule has 3 heteroatoms. The summed E-state index contributed by atoms with van der Waals surface area (Å²) in [4.78, 5) is 5.45. The number of pyridine rings is 1. The van der Waals surface area contributed by atoms with Crippen LogP contribution in [0.2, 0.25) is 0 Å². The molecule has 2 nitrogen and oxygen atoms in total. The maximum atomic E-state index is 4.17. The van der Waals surface area contributed by atoms with E-state index in [4.69, 9.17) is 0 Å². The minimum Gasteiger partial charge on any atom is -0.313 e. The summed E-state index contributed by atoms with van der Waals surface area (Å²) < 4.78 is 0. The van der Waals surface area contributed by atoms with Crippen molar-refractivity contribution >= 4 is 11.8 Å². The minimum absolute atomic E-state index is 0.825. The van der Waals surface area contributed by atoms with Crippen LogP contribution in [0, 0.1) is 6.92 Å². The number of nitrogens with one attached hydrogen (secondary N) is 1. The Kier molecular flexibility index (Phi) is 3.43. The third kappa shape index (κ3) is 3.31. The van der Waals surface area contributed by atoms with Crippen molar-refractivity contribution in [1.82, 2.24) is 10.3 Å². The fourth-order valence-corrected chi connectivity index (χ4v) is 2.19. The van der Waals surface area contributed by atoms with Gasteiger partial charge in [0.2, 0.25) is 0 Å². The number of hydrogen-bond acceptors (Lipinski definition) is 3. The molecule has 76 valence electrons. The normalized spacial score (nSPS) is 15.8. The Morgan fingerprint density at radius 1 is 1.50 bits per heavy atom. The summed E-state index contributed by atoms with van der Waals surface area (Å²) in [6, 6.07) is 3.01. The molecular formula is C11H16N2S. The number of hydrogen-bond donors (Lipinski definition) is 1. The summed E-state index contributed by atoms with van der Waals surface area (Å²) in [6.45, 7) is 3.20. The van der Waals surface area contributed by atoms with E-state index in [9.17, 15) is 0 Å². The van der Waals surface area contributed by atoms with Crippen molar-refractivity contribution in [3.05, 3.63) is 24.0 Å². The van der Waals surface area contributed by atoms with Crippen LogP contribution in [0.25, 0.3) is 0 Å². The molecule has 1 fully saturated rings. The molecule has 2 rings (SSSR count). The molecule has 1 aromatic heterocycles. The Labute approximate surface area is 89.5 Å². The molecule has 1 heterocycles. The van der Waals surface area contributed by atoms with Crippen LogP contribution < -0.4 is 5.32 Å². The zero-order chi connectivity index (χ0) is 9.80. The monoisotopic (exact) mass is 208 g/mol. The highest BCUT2D eigenvalue weighted by Crippen LogP contribution is 2.20. The summed E-state index contributed by atoms with van der Waals surface area (Å²) >= 11 is 1.88. The summed E-state index contributed by atoms with van der Waals surface area (Å²) in [5, 5.41) is 3.50. The molecule has 1 aliphatic rings. The number of aromatic nitrogens is 1. The van der Waals surface area contributed by atoms with Gasteiger partial charge in [-0.15, -0.1) is 11.8 Å². The van der Waals surface area contributed by atoms with Crippen LogP contribution in [0.4, 0.5) is 0 Å². The maximum absolute atomic E-state index is 4.17. The molecule has 0 radical (unpaired) electrons. The first-order valence-corrected chi connectivity index (χ1v) is 6.11. The lowest BCUT2D eigenvalue weighted by Gasteiger charge is -2.03. The van der Waals surface area contributed by atoms with Crippen molar-refractivity contribution in [3.8, 4) is 0 Å². The highest BCUT2D eigenvalue weighted by atomic mass is 32.2. The lowest BCUT2D eigenvalue weighted by molar-refractivity contribution is 0.726. The third-order valence-electron chi connectivity index (χ3n) is 2.23. The van der Waals surface area contributed by atoms with E-state index in [2.05, 4.69) is 23.3 Å². The zero-order valence-electron chi connectivity index (χ0n) is 8.49. The predicted octanol–water partition coefficient (Wildman–Crippen LogP) is 2.23. The van der Waals surface area contributed by atoms with Gasteiger partial charge in [0.25, 0.3) is 0 Å². The second-order valence-electron chi connectivity index (χ2n) is 3.77. The maximum Gasteiger partial charge on any atom is 0.0404 e. The van der Waals surface area contributed by atoms with Gasteiger partial charge in [-0.05, 0) is 31.4 Å². The van der Waals surface area contributed by atoms with Gasteiger partial charge in [0.1, 0.15) is 0 Å². The topological polar surface area (TPSA) is 24.9 Å². The number of nitrogens with zero attached hydrogens (tertiary/aromatic N) is 1. The zero-order valence-corrected chi connectivity index (χ0v) is 9.31. The largest absolute Gasteiger partial charge is 0.313 e. The third-order valence-corrected chi connectivity index (χ3v) is 3.20. The first kappa shape index (κ1) is 9.99. The fraction of sp³-hybridized carbons (Fsp3) is 0.545. The Morgan fingerprint density at radius 3 is 3.07 bits per heavy atom. The van der Waals surface area contributed by atoms with Gasteiger partial charge in [-0.3, -0.25) is 4.98 Å². The van der Waals surface area contributed by atoms with E-state index >= 15 is 0 Å². The molecule has 1 saturated carbocycles. The van der Waals surface area contributed by atoms with Gasteiger partial charge in [-0.2, -0.15) is 0 Å². The Balaban J connectivity index is 1.68. The second kappa shape index (κ2) is 4.80. The van der Waals surface area contributed by atoms with Crippen LogP contribution in [0.15, 0.2) is 23.4 Å². The van der Waals surface area contributed by atoms with E-state index in [-0.39, 0.29) is 0 Å². The predicted molar refractivity (Wildman–Crippen MR) is 60.7 cm³/mol. The van der Waals surface area contributed by atoms with E-state index in [1.54, 1.807) is 0 Å². The van der Waals surface area contributed by atoms with Crippen molar-refractivity contribution in [2.75, 3.05) is 12.3 Å². The van der Waals surface area contributed by atoms with Crippen molar-refractivity contribution in [1.29, 1.82) is 0 Å². The Hall–Kier alpha value is -0.540. The molecule has 0 unspecified atom stereocenters. The van der Waals surface area contributed by atoms with Crippen molar-refractivity contribution in [3.63, 3.8) is 0 Å². The minimum atomic E-state index is 0.825. The average Bonchev–Trinajstić information content (AvgIpc) is 2.96. The molecule has 0 amide bonds. The highest BCUT2D eigenvalue weighted by Gasteiger charge is 2.19. The molecule has 0 aromatic carbocycles. The van der Waals surface area contributed by atoms with Crippen molar-refractivity contribution < 1.29 is 0 Å². The lowest BCUT2D eigenvalue weighted by atomic mass is 10.3. The summed E-state index contributed by atoms with van der Waals surface area (Å²) in [6.07, 6.45) is 6.58. The molecule has 1 aliphatic carbocycles. The van der Waals surface area contributed by atoms with E-state index in [0.29, 0.717) is 0 Å². The van der Waals surface area contributed by atoms with Gasteiger partial charge in [0.15, 0.2) is 0 Å². The number of thioether (sulfide) groups is 1. The quantitative estimate of drug-likeness (QED) is 0.593. The van der Waals surface area contributed by atoms with E-state index in [1.807, 2.05) is 24.2 Å². The highest BCUT2D eigenvalue weighted by molar-refractivity contribution is 7.99. The van der Waals surface area contributed by atoms with Crippen LogP contribution in [0.1, 0.15) is 18.4 Å². The van der Waals surface area contributed by atoms with E-state index in [1.165, 1.54) is 23.3 Å². The number of rotatable bonds is 5. The molecule has 0 aliphatic heterocycles. The molecule has 1 N–H and O–H groups in total. The average molecular weight is 208 g/mol. The number of aryl methyl sites for hydroxylation is 1. The lowest BCUT2D eigenvalue weighted by Crippen LogP contribution is -2.19. The van der Waals surface area contributed by atoms with E-state index < -0.39 is 0 Å². The van der Waals surface area contributed by atoms with E-state index in [0.717, 1.165) is 18.3 Å². The van der Waals surface area contributed by atoms with Crippen LogP contribution in [0.5, 0.6) is 0 Å². The van der Waals surface area contributed by atoms with Crippen molar-refractivity contribution in [2.45, 2.75) is 30.7 Å². The van der Waals surface area contributed by atoms with Crippen LogP contribution >= 0.6 is 11.8 Å².